The summed E-state index contributed by atoms with van der Waals surface area (Å²) in [5.74, 6) is -1.22. The van der Waals surface area contributed by atoms with E-state index in [1.807, 2.05) is 0 Å². The van der Waals surface area contributed by atoms with Gasteiger partial charge in [-0.05, 0) is 54.9 Å². The van der Waals surface area contributed by atoms with Gasteiger partial charge in [-0.1, -0.05) is 0 Å². The van der Waals surface area contributed by atoms with Crippen LogP contribution in [0.4, 0.5) is 4.79 Å². The molecule has 0 aromatic heterocycles. The molecule has 1 aliphatic rings. The van der Waals surface area contributed by atoms with Gasteiger partial charge >= 0.3 is 18.0 Å². The van der Waals surface area contributed by atoms with Crippen LogP contribution in [0.1, 0.15) is 61.3 Å². The monoisotopic (exact) mass is 343 g/mol. The fraction of sp³-hybridized carbons (Fsp3) is 0.824. The van der Waals surface area contributed by atoms with Crippen LogP contribution in [0.5, 0.6) is 0 Å². The largest absolute Gasteiger partial charge is 0.465 e. The summed E-state index contributed by atoms with van der Waals surface area (Å²) in [4.78, 5) is 36.6. The topological polar surface area (TPSA) is 90.9 Å². The van der Waals surface area contributed by atoms with E-state index in [0.29, 0.717) is 0 Å². The van der Waals surface area contributed by atoms with Crippen LogP contribution in [-0.4, -0.2) is 41.9 Å². The van der Waals surface area contributed by atoms with Crippen molar-refractivity contribution in [2.75, 3.05) is 6.61 Å². The maximum Gasteiger partial charge on any atom is 0.407 e. The molecular weight excluding hydrogens is 314 g/mol. The zero-order valence-electron chi connectivity index (χ0n) is 15.6. The molecule has 7 heteroatoms. The normalized spacial score (nSPS) is 22.5. The van der Waals surface area contributed by atoms with Crippen molar-refractivity contribution in [2.45, 2.75) is 78.6 Å². The Hall–Kier alpha value is -1.79. The number of rotatable bonds is 4. The van der Waals surface area contributed by atoms with Crippen molar-refractivity contribution < 1.29 is 28.6 Å². The summed E-state index contributed by atoms with van der Waals surface area (Å²) in [5, 5.41) is 2.65. The molecule has 1 amide bonds. The summed E-state index contributed by atoms with van der Waals surface area (Å²) in [5.41, 5.74) is -2.73. The number of carbonyl (C=O) groups is 3. The van der Waals surface area contributed by atoms with E-state index in [1.165, 1.54) is 0 Å². The summed E-state index contributed by atoms with van der Waals surface area (Å²) in [6.07, 6.45) is -0.262. The van der Waals surface area contributed by atoms with E-state index >= 15 is 0 Å². The Labute approximate surface area is 143 Å². The molecule has 0 aromatic carbocycles. The third kappa shape index (κ3) is 5.69. The van der Waals surface area contributed by atoms with E-state index in [1.54, 1.807) is 48.5 Å². The van der Waals surface area contributed by atoms with Gasteiger partial charge < -0.3 is 19.5 Å². The average Bonchev–Trinajstić information content (AvgIpc) is 2.66. The minimum absolute atomic E-state index is 0.0972. The lowest BCUT2D eigenvalue weighted by Gasteiger charge is -2.30. The van der Waals surface area contributed by atoms with Gasteiger partial charge in [0.15, 0.2) is 5.41 Å². The SMILES string of the molecule is C[C@@H](C[C@@]1(C(=O)OC(C)(C)C)CCOC1=O)NC(=O)OC(C)(C)C. The van der Waals surface area contributed by atoms with Crippen LogP contribution in [0.15, 0.2) is 0 Å². The van der Waals surface area contributed by atoms with Gasteiger partial charge in [-0.3, -0.25) is 9.59 Å². The van der Waals surface area contributed by atoms with Crippen molar-refractivity contribution in [3.8, 4) is 0 Å². The Kier molecular flexibility index (Phi) is 5.90. The number of ether oxygens (including phenoxy) is 3. The highest BCUT2D eigenvalue weighted by Gasteiger charge is 2.54. The number of nitrogens with one attached hydrogen (secondary N) is 1. The maximum atomic E-state index is 12.6. The second kappa shape index (κ2) is 6.99. The highest BCUT2D eigenvalue weighted by atomic mass is 16.6. The number of alkyl carbamates (subject to hydrolysis) is 1. The van der Waals surface area contributed by atoms with Gasteiger partial charge in [-0.2, -0.15) is 0 Å². The highest BCUT2D eigenvalue weighted by molar-refractivity contribution is 6.01. The summed E-state index contributed by atoms with van der Waals surface area (Å²) in [6.45, 7) is 12.4. The fourth-order valence-corrected chi connectivity index (χ4v) is 2.47. The van der Waals surface area contributed by atoms with Crippen LogP contribution in [0.3, 0.4) is 0 Å². The lowest BCUT2D eigenvalue weighted by atomic mass is 9.80. The molecule has 24 heavy (non-hydrogen) atoms. The Balaban J connectivity index is 2.82. The first-order valence-corrected chi connectivity index (χ1v) is 8.15. The van der Waals surface area contributed by atoms with Crippen molar-refractivity contribution in [3.63, 3.8) is 0 Å². The molecule has 0 unspecified atom stereocenters. The van der Waals surface area contributed by atoms with Crippen molar-refractivity contribution >= 4 is 18.0 Å². The van der Waals surface area contributed by atoms with Gasteiger partial charge in [0.1, 0.15) is 11.2 Å². The molecule has 1 saturated heterocycles. The third-order valence-electron chi connectivity index (χ3n) is 3.36. The van der Waals surface area contributed by atoms with Crippen molar-refractivity contribution in [1.82, 2.24) is 5.32 Å². The Morgan fingerprint density at radius 3 is 2.12 bits per heavy atom. The van der Waals surface area contributed by atoms with E-state index in [9.17, 15) is 14.4 Å². The van der Waals surface area contributed by atoms with Crippen LogP contribution >= 0.6 is 0 Å². The molecule has 0 aromatic rings. The molecule has 2 atom stereocenters. The Morgan fingerprint density at radius 2 is 1.71 bits per heavy atom. The molecule has 0 radical (unpaired) electrons. The summed E-state index contributed by atoms with van der Waals surface area (Å²) < 4.78 is 15.6. The van der Waals surface area contributed by atoms with E-state index in [4.69, 9.17) is 14.2 Å². The fourth-order valence-electron chi connectivity index (χ4n) is 2.47. The standard InChI is InChI=1S/C17H29NO6/c1-11(18-14(21)24-16(5,6)7)10-17(8-9-22-12(17)19)13(20)23-15(2,3)4/h11H,8-10H2,1-7H3,(H,18,21)/t11-,17-/m0/s1. The van der Waals surface area contributed by atoms with E-state index in [2.05, 4.69) is 5.32 Å². The lowest BCUT2D eigenvalue weighted by Crippen LogP contribution is -2.47. The second-order valence-corrected chi connectivity index (χ2v) is 8.22. The van der Waals surface area contributed by atoms with Gasteiger partial charge in [-0.15, -0.1) is 0 Å². The third-order valence-corrected chi connectivity index (χ3v) is 3.36. The molecule has 138 valence electrons. The average molecular weight is 343 g/mol. The molecule has 0 aliphatic carbocycles. The zero-order valence-corrected chi connectivity index (χ0v) is 15.6. The molecule has 0 spiro atoms. The van der Waals surface area contributed by atoms with Crippen LogP contribution < -0.4 is 5.32 Å². The molecule has 1 rings (SSSR count). The first-order chi connectivity index (χ1) is 10.8. The zero-order chi connectivity index (χ0) is 18.8. The molecular formula is C17H29NO6. The Bertz CT molecular complexity index is 502. The smallest absolute Gasteiger partial charge is 0.407 e. The van der Waals surface area contributed by atoms with Crippen molar-refractivity contribution in [3.05, 3.63) is 0 Å². The quantitative estimate of drug-likeness (QED) is 0.479. The van der Waals surface area contributed by atoms with Crippen molar-refractivity contribution in [1.29, 1.82) is 0 Å². The van der Waals surface area contributed by atoms with Crippen LogP contribution in [0.2, 0.25) is 0 Å². The van der Waals surface area contributed by atoms with Crippen LogP contribution in [0, 0.1) is 5.41 Å². The summed E-state index contributed by atoms with van der Waals surface area (Å²) in [6, 6.07) is -0.460. The predicted octanol–water partition coefficient (Wildman–Crippen LogP) is 2.56. The van der Waals surface area contributed by atoms with E-state index in [-0.39, 0.29) is 19.4 Å². The number of hydrogen-bond acceptors (Lipinski definition) is 6. The minimum atomic E-state index is -1.39. The summed E-state index contributed by atoms with van der Waals surface area (Å²) in [7, 11) is 0. The van der Waals surface area contributed by atoms with Crippen LogP contribution in [-0.2, 0) is 23.8 Å². The van der Waals surface area contributed by atoms with Gasteiger partial charge in [-0.25, -0.2) is 4.79 Å². The Morgan fingerprint density at radius 1 is 1.17 bits per heavy atom. The molecule has 1 heterocycles. The number of amides is 1. The first-order valence-electron chi connectivity index (χ1n) is 8.15. The molecule has 7 nitrogen and oxygen atoms in total. The second-order valence-electron chi connectivity index (χ2n) is 8.22. The molecule has 1 N–H and O–H groups in total. The lowest BCUT2D eigenvalue weighted by molar-refractivity contribution is -0.174. The molecule has 0 saturated carbocycles. The van der Waals surface area contributed by atoms with E-state index in [0.717, 1.165) is 0 Å². The van der Waals surface area contributed by atoms with Crippen molar-refractivity contribution in [2.24, 2.45) is 5.41 Å². The van der Waals surface area contributed by atoms with Gasteiger partial charge in [0.05, 0.1) is 6.61 Å². The molecule has 0 bridgehead atoms. The van der Waals surface area contributed by atoms with Crippen LogP contribution in [0.25, 0.3) is 0 Å². The summed E-state index contributed by atoms with van der Waals surface area (Å²) >= 11 is 0. The number of hydrogen-bond donors (Lipinski definition) is 1. The van der Waals surface area contributed by atoms with E-state index < -0.39 is 40.7 Å². The molecule has 1 fully saturated rings. The number of carbonyl (C=O) groups excluding carboxylic acids is 3. The maximum absolute atomic E-state index is 12.6. The first kappa shape index (κ1) is 20.3. The number of esters is 2. The van der Waals surface area contributed by atoms with Gasteiger partial charge in [0.2, 0.25) is 0 Å². The minimum Gasteiger partial charge on any atom is -0.465 e. The van der Waals surface area contributed by atoms with Gasteiger partial charge in [0, 0.05) is 12.5 Å². The van der Waals surface area contributed by atoms with Gasteiger partial charge in [0.25, 0.3) is 0 Å². The molecule has 1 aliphatic heterocycles. The predicted molar refractivity (Wildman–Crippen MR) is 87.3 cm³/mol. The number of cyclic esters (lactones) is 1. The highest BCUT2D eigenvalue weighted by Crippen LogP contribution is 2.37.